The summed E-state index contributed by atoms with van der Waals surface area (Å²) < 4.78 is 37.8. The van der Waals surface area contributed by atoms with Gasteiger partial charge in [0.2, 0.25) is 5.91 Å². The van der Waals surface area contributed by atoms with Crippen molar-refractivity contribution in [1.82, 2.24) is 20.2 Å². The number of nitrogens with zero attached hydrogens (tertiary/aromatic N) is 3. The van der Waals surface area contributed by atoms with Crippen LogP contribution in [0.3, 0.4) is 0 Å². The van der Waals surface area contributed by atoms with Crippen LogP contribution in [0.5, 0.6) is 0 Å². The van der Waals surface area contributed by atoms with E-state index < -0.39 is 17.8 Å². The van der Waals surface area contributed by atoms with Crippen molar-refractivity contribution in [2.24, 2.45) is 0 Å². The standard InChI is InChI=1S/C21H21ClF3N5O2/c1-13(31)26-7-4-14-10-17(22)19(28-11-14)15-5-8-30(9-6-15)20(32)29-18-3-2-16(12-27-18)21(23,24)25/h2-3,5,10-12H,4,6-9H2,1H3,(H,26,31)(H,27,29,32). The van der Waals surface area contributed by atoms with Gasteiger partial charge in [0.1, 0.15) is 5.82 Å². The number of nitrogens with one attached hydrogen (secondary N) is 2. The zero-order valence-corrected chi connectivity index (χ0v) is 17.9. The van der Waals surface area contributed by atoms with Crippen LogP contribution >= 0.6 is 11.6 Å². The van der Waals surface area contributed by atoms with Crippen molar-refractivity contribution < 1.29 is 22.8 Å². The summed E-state index contributed by atoms with van der Waals surface area (Å²) in [7, 11) is 0. The van der Waals surface area contributed by atoms with E-state index in [9.17, 15) is 22.8 Å². The molecule has 3 amide bonds. The Morgan fingerprint density at radius 3 is 2.56 bits per heavy atom. The molecule has 170 valence electrons. The van der Waals surface area contributed by atoms with Crippen LogP contribution in [-0.2, 0) is 17.4 Å². The van der Waals surface area contributed by atoms with E-state index in [1.54, 1.807) is 6.20 Å². The van der Waals surface area contributed by atoms with Crippen molar-refractivity contribution in [1.29, 1.82) is 0 Å². The minimum Gasteiger partial charge on any atom is -0.356 e. The van der Waals surface area contributed by atoms with Gasteiger partial charge in [0, 0.05) is 39.0 Å². The molecule has 1 aliphatic heterocycles. The molecular formula is C21H21ClF3N5O2. The molecule has 0 fully saturated rings. The maximum Gasteiger partial charge on any atom is 0.417 e. The van der Waals surface area contributed by atoms with Crippen molar-refractivity contribution in [3.63, 3.8) is 0 Å². The van der Waals surface area contributed by atoms with E-state index in [-0.39, 0.29) is 11.7 Å². The predicted octanol–water partition coefficient (Wildman–Crippen LogP) is 4.15. The van der Waals surface area contributed by atoms with E-state index in [1.165, 1.54) is 11.8 Å². The van der Waals surface area contributed by atoms with Crippen LogP contribution < -0.4 is 10.6 Å². The summed E-state index contributed by atoms with van der Waals surface area (Å²) in [5.41, 5.74) is 1.56. The molecule has 0 bridgehead atoms. The molecule has 1 aliphatic rings. The zero-order chi connectivity index (χ0) is 23.3. The Bertz CT molecular complexity index is 1030. The summed E-state index contributed by atoms with van der Waals surface area (Å²) in [5.74, 6) is -0.0620. The van der Waals surface area contributed by atoms with E-state index in [0.717, 1.165) is 23.3 Å². The van der Waals surface area contributed by atoms with Crippen LogP contribution in [0.4, 0.5) is 23.8 Å². The maximum absolute atomic E-state index is 12.6. The van der Waals surface area contributed by atoms with Crippen molar-refractivity contribution in [3.05, 3.63) is 58.5 Å². The van der Waals surface area contributed by atoms with Crippen molar-refractivity contribution >= 4 is 34.9 Å². The average molecular weight is 468 g/mol. The smallest absolute Gasteiger partial charge is 0.356 e. The number of hydrogen-bond acceptors (Lipinski definition) is 4. The molecule has 11 heteroatoms. The number of carbonyl (C=O) groups excluding carboxylic acids is 2. The van der Waals surface area contributed by atoms with Gasteiger partial charge in [0.05, 0.1) is 16.3 Å². The fraction of sp³-hybridized carbons (Fsp3) is 0.333. The summed E-state index contributed by atoms with van der Waals surface area (Å²) >= 11 is 6.38. The van der Waals surface area contributed by atoms with Crippen molar-refractivity contribution in [3.8, 4) is 0 Å². The number of carbonyl (C=O) groups is 2. The molecule has 0 spiro atoms. The highest BCUT2D eigenvalue weighted by atomic mass is 35.5. The molecular weight excluding hydrogens is 447 g/mol. The third kappa shape index (κ3) is 6.19. The summed E-state index contributed by atoms with van der Waals surface area (Å²) in [4.78, 5) is 32.9. The van der Waals surface area contributed by atoms with E-state index in [0.29, 0.717) is 49.4 Å². The second-order valence-corrected chi connectivity index (χ2v) is 7.60. The van der Waals surface area contributed by atoms with Gasteiger partial charge >= 0.3 is 12.2 Å². The van der Waals surface area contributed by atoms with Gasteiger partial charge in [-0.1, -0.05) is 17.7 Å². The van der Waals surface area contributed by atoms with Gasteiger partial charge in [0.25, 0.3) is 0 Å². The van der Waals surface area contributed by atoms with Crippen LogP contribution in [0.15, 0.2) is 36.7 Å². The molecule has 0 aliphatic carbocycles. The number of aromatic nitrogens is 2. The van der Waals surface area contributed by atoms with Crippen molar-refractivity contribution in [2.75, 3.05) is 25.0 Å². The van der Waals surface area contributed by atoms with Crippen LogP contribution in [0.2, 0.25) is 5.02 Å². The van der Waals surface area contributed by atoms with Gasteiger partial charge in [-0.2, -0.15) is 13.2 Å². The number of hydrogen-bond donors (Lipinski definition) is 2. The Balaban J connectivity index is 1.58. The van der Waals surface area contributed by atoms with Crippen LogP contribution in [0.25, 0.3) is 5.57 Å². The number of rotatable bonds is 5. The number of pyridine rings is 2. The Morgan fingerprint density at radius 1 is 1.22 bits per heavy atom. The lowest BCUT2D eigenvalue weighted by Crippen LogP contribution is -2.38. The molecule has 7 nitrogen and oxygen atoms in total. The molecule has 2 aromatic heterocycles. The highest BCUT2D eigenvalue weighted by molar-refractivity contribution is 6.32. The Hall–Kier alpha value is -3.14. The first-order valence-corrected chi connectivity index (χ1v) is 10.2. The van der Waals surface area contributed by atoms with Gasteiger partial charge in [-0.25, -0.2) is 9.78 Å². The molecule has 3 heterocycles. The highest BCUT2D eigenvalue weighted by Crippen LogP contribution is 2.29. The molecule has 2 N–H and O–H groups in total. The van der Waals surface area contributed by atoms with Gasteiger partial charge in [-0.15, -0.1) is 0 Å². The number of halogens is 4. The molecule has 0 saturated carbocycles. The first kappa shape index (κ1) is 23.5. The number of anilines is 1. The molecule has 0 atom stereocenters. The second kappa shape index (κ2) is 9.99. The molecule has 0 aromatic carbocycles. The fourth-order valence-electron chi connectivity index (χ4n) is 3.13. The summed E-state index contributed by atoms with van der Waals surface area (Å²) in [6.45, 7) is 2.63. The lowest BCUT2D eigenvalue weighted by atomic mass is 10.0. The molecule has 3 rings (SSSR count). The summed E-state index contributed by atoms with van der Waals surface area (Å²) in [6.07, 6.45) is 0.872. The first-order valence-electron chi connectivity index (χ1n) is 9.81. The number of alkyl halides is 3. The minimum atomic E-state index is -4.48. The van der Waals surface area contributed by atoms with Crippen LogP contribution in [0.1, 0.15) is 30.2 Å². The third-order valence-electron chi connectivity index (χ3n) is 4.81. The zero-order valence-electron chi connectivity index (χ0n) is 17.2. The Kier molecular flexibility index (Phi) is 7.34. The molecule has 0 radical (unpaired) electrons. The van der Waals surface area contributed by atoms with E-state index in [2.05, 4.69) is 20.6 Å². The molecule has 32 heavy (non-hydrogen) atoms. The van der Waals surface area contributed by atoms with Gasteiger partial charge in [-0.05, 0) is 42.2 Å². The number of amides is 3. The fourth-order valence-corrected chi connectivity index (χ4v) is 3.44. The lowest BCUT2D eigenvalue weighted by molar-refractivity contribution is -0.137. The van der Waals surface area contributed by atoms with Gasteiger partial charge in [0.15, 0.2) is 0 Å². The van der Waals surface area contributed by atoms with Crippen LogP contribution in [0, 0.1) is 0 Å². The Morgan fingerprint density at radius 2 is 2.00 bits per heavy atom. The van der Waals surface area contributed by atoms with Crippen LogP contribution in [-0.4, -0.2) is 46.4 Å². The summed E-state index contributed by atoms with van der Waals surface area (Å²) in [6, 6.07) is 3.33. The minimum absolute atomic E-state index is 0.0392. The van der Waals surface area contributed by atoms with Gasteiger partial charge in [-0.3, -0.25) is 15.1 Å². The SMILES string of the molecule is CC(=O)NCCc1cnc(C2=CCN(C(=O)Nc3ccc(C(F)(F)F)cn3)CC2)c(Cl)c1. The first-order chi connectivity index (χ1) is 15.1. The summed E-state index contributed by atoms with van der Waals surface area (Å²) in [5, 5.41) is 5.70. The van der Waals surface area contributed by atoms with E-state index in [1.807, 2.05) is 12.1 Å². The Labute approximate surface area is 187 Å². The van der Waals surface area contributed by atoms with Gasteiger partial charge < -0.3 is 10.2 Å². The lowest BCUT2D eigenvalue weighted by Gasteiger charge is -2.26. The van der Waals surface area contributed by atoms with E-state index in [4.69, 9.17) is 11.6 Å². The molecule has 0 unspecified atom stereocenters. The average Bonchev–Trinajstić information content (AvgIpc) is 2.73. The highest BCUT2D eigenvalue weighted by Gasteiger charge is 2.30. The van der Waals surface area contributed by atoms with E-state index >= 15 is 0 Å². The molecule has 0 saturated heterocycles. The quantitative estimate of drug-likeness (QED) is 0.691. The molecule has 2 aromatic rings. The maximum atomic E-state index is 12.6. The largest absolute Gasteiger partial charge is 0.417 e. The number of urea groups is 1. The third-order valence-corrected chi connectivity index (χ3v) is 5.10. The van der Waals surface area contributed by atoms with Crippen molar-refractivity contribution in [2.45, 2.75) is 25.9 Å². The predicted molar refractivity (Wildman–Crippen MR) is 114 cm³/mol. The topological polar surface area (TPSA) is 87.2 Å². The monoisotopic (exact) mass is 467 g/mol. The second-order valence-electron chi connectivity index (χ2n) is 7.19. The normalized spacial score (nSPS) is 14.0.